The molecule has 0 spiro atoms. The van der Waals surface area contributed by atoms with Gasteiger partial charge < -0.3 is 9.80 Å². The first kappa shape index (κ1) is 17.5. The van der Waals surface area contributed by atoms with Crippen molar-refractivity contribution >= 4 is 17.5 Å². The van der Waals surface area contributed by atoms with E-state index in [1.165, 1.54) is 12.8 Å². The van der Waals surface area contributed by atoms with E-state index >= 15 is 0 Å². The molecule has 1 aliphatic heterocycles. The number of anilines is 3. The van der Waals surface area contributed by atoms with E-state index in [1.54, 1.807) is 0 Å². The molecule has 1 fully saturated rings. The van der Waals surface area contributed by atoms with Gasteiger partial charge in [0.05, 0.1) is 5.69 Å². The first-order valence-electron chi connectivity index (χ1n) is 9.69. The van der Waals surface area contributed by atoms with E-state index < -0.39 is 0 Å². The highest BCUT2D eigenvalue weighted by molar-refractivity contribution is 5.68. The third kappa shape index (κ3) is 3.95. The molecular weight excluding hydrogens is 332 g/mol. The number of aromatic nitrogens is 2. The first-order chi connectivity index (χ1) is 13.2. The molecular formula is C23H26N4. The lowest BCUT2D eigenvalue weighted by Crippen LogP contribution is -2.35. The Labute approximate surface area is 161 Å². The van der Waals surface area contributed by atoms with Crippen LogP contribution < -0.4 is 9.80 Å². The average molecular weight is 358 g/mol. The predicted molar refractivity (Wildman–Crippen MR) is 113 cm³/mol. The van der Waals surface area contributed by atoms with Gasteiger partial charge in [-0.1, -0.05) is 55.5 Å². The van der Waals surface area contributed by atoms with Crippen LogP contribution in [0.15, 0.2) is 66.7 Å². The van der Waals surface area contributed by atoms with E-state index in [0.717, 1.165) is 41.8 Å². The molecule has 3 aromatic rings. The van der Waals surface area contributed by atoms with Gasteiger partial charge in [0.25, 0.3) is 0 Å². The van der Waals surface area contributed by atoms with Gasteiger partial charge in [-0.3, -0.25) is 0 Å². The minimum atomic E-state index is 0.679. The number of rotatable bonds is 4. The zero-order valence-corrected chi connectivity index (χ0v) is 16.0. The average Bonchev–Trinajstić information content (AvgIpc) is 2.74. The maximum absolute atomic E-state index is 4.93. The maximum atomic E-state index is 4.93. The van der Waals surface area contributed by atoms with Gasteiger partial charge in [0.1, 0.15) is 5.82 Å². The summed E-state index contributed by atoms with van der Waals surface area (Å²) in [5.41, 5.74) is 3.21. The van der Waals surface area contributed by atoms with Crippen molar-refractivity contribution in [1.82, 2.24) is 9.97 Å². The smallest absolute Gasteiger partial charge is 0.227 e. The van der Waals surface area contributed by atoms with Crippen LogP contribution in [0.1, 0.15) is 19.8 Å². The predicted octanol–water partition coefficient (Wildman–Crippen LogP) is 5.15. The molecule has 1 aromatic heterocycles. The SMILES string of the molecule is CC1CCCN(c2nc(-c3ccccc3)cc(N(C)c3ccccc3)n2)C1. The minimum absolute atomic E-state index is 0.679. The molecule has 27 heavy (non-hydrogen) atoms. The molecule has 0 radical (unpaired) electrons. The number of benzene rings is 2. The summed E-state index contributed by atoms with van der Waals surface area (Å²) in [5, 5.41) is 0. The monoisotopic (exact) mass is 358 g/mol. The quantitative estimate of drug-likeness (QED) is 0.646. The summed E-state index contributed by atoms with van der Waals surface area (Å²) < 4.78 is 0. The molecule has 1 atom stereocenters. The van der Waals surface area contributed by atoms with Gasteiger partial charge in [-0.2, -0.15) is 4.98 Å². The molecule has 4 nitrogen and oxygen atoms in total. The highest BCUT2D eigenvalue weighted by Gasteiger charge is 2.21. The molecule has 1 unspecified atom stereocenters. The third-order valence-electron chi connectivity index (χ3n) is 5.20. The van der Waals surface area contributed by atoms with E-state index in [-0.39, 0.29) is 0 Å². The van der Waals surface area contributed by atoms with Crippen molar-refractivity contribution in [2.75, 3.05) is 29.9 Å². The molecule has 2 aromatic carbocycles. The highest BCUT2D eigenvalue weighted by atomic mass is 15.3. The first-order valence-corrected chi connectivity index (χ1v) is 9.69. The maximum Gasteiger partial charge on any atom is 0.227 e. The Morgan fingerprint density at radius 2 is 1.67 bits per heavy atom. The Bertz CT molecular complexity index is 879. The Hall–Kier alpha value is -2.88. The van der Waals surface area contributed by atoms with E-state index in [4.69, 9.17) is 9.97 Å². The van der Waals surface area contributed by atoms with Crippen LogP contribution in [0.4, 0.5) is 17.5 Å². The second kappa shape index (κ2) is 7.78. The van der Waals surface area contributed by atoms with Crippen LogP contribution in [0, 0.1) is 5.92 Å². The topological polar surface area (TPSA) is 32.3 Å². The second-order valence-corrected chi connectivity index (χ2v) is 7.37. The summed E-state index contributed by atoms with van der Waals surface area (Å²) >= 11 is 0. The lowest BCUT2D eigenvalue weighted by Gasteiger charge is -2.32. The third-order valence-corrected chi connectivity index (χ3v) is 5.20. The van der Waals surface area contributed by atoms with E-state index in [2.05, 4.69) is 78.4 Å². The fourth-order valence-electron chi connectivity index (χ4n) is 3.65. The van der Waals surface area contributed by atoms with Crippen molar-refractivity contribution in [3.63, 3.8) is 0 Å². The molecule has 4 rings (SSSR count). The molecule has 0 amide bonds. The fraction of sp³-hybridized carbons (Fsp3) is 0.304. The van der Waals surface area contributed by atoms with Gasteiger partial charge in [-0.25, -0.2) is 4.98 Å². The Morgan fingerprint density at radius 1 is 0.963 bits per heavy atom. The number of piperidine rings is 1. The lowest BCUT2D eigenvalue weighted by molar-refractivity contribution is 0.442. The van der Waals surface area contributed by atoms with Gasteiger partial charge in [0.2, 0.25) is 5.95 Å². The molecule has 0 saturated carbocycles. The summed E-state index contributed by atoms with van der Waals surface area (Å²) in [6.45, 7) is 4.36. The summed E-state index contributed by atoms with van der Waals surface area (Å²) in [7, 11) is 2.06. The van der Waals surface area contributed by atoms with Crippen molar-refractivity contribution in [2.45, 2.75) is 19.8 Å². The van der Waals surface area contributed by atoms with E-state index in [9.17, 15) is 0 Å². The van der Waals surface area contributed by atoms with Crippen molar-refractivity contribution < 1.29 is 0 Å². The van der Waals surface area contributed by atoms with Crippen LogP contribution in [-0.4, -0.2) is 30.1 Å². The molecule has 0 aliphatic carbocycles. The van der Waals surface area contributed by atoms with Crippen LogP contribution in [0.2, 0.25) is 0 Å². The zero-order valence-electron chi connectivity index (χ0n) is 16.0. The molecule has 0 N–H and O–H groups in total. The van der Waals surface area contributed by atoms with Gasteiger partial charge in [-0.05, 0) is 30.9 Å². The standard InChI is InChI=1S/C23H26N4/c1-18-10-9-15-27(17-18)23-24-21(19-11-5-3-6-12-19)16-22(25-23)26(2)20-13-7-4-8-14-20/h3-8,11-14,16,18H,9-10,15,17H2,1-2H3. The van der Waals surface area contributed by atoms with E-state index in [0.29, 0.717) is 5.92 Å². The molecule has 138 valence electrons. The summed E-state index contributed by atoms with van der Waals surface area (Å²) in [6.07, 6.45) is 2.48. The number of hydrogen-bond acceptors (Lipinski definition) is 4. The molecule has 4 heteroatoms. The Morgan fingerprint density at radius 3 is 2.37 bits per heavy atom. The second-order valence-electron chi connectivity index (χ2n) is 7.37. The summed E-state index contributed by atoms with van der Waals surface area (Å²) in [5.74, 6) is 2.43. The van der Waals surface area contributed by atoms with Crippen molar-refractivity contribution in [3.8, 4) is 11.3 Å². The summed E-state index contributed by atoms with van der Waals surface area (Å²) in [4.78, 5) is 14.3. The van der Waals surface area contributed by atoms with Gasteiger partial charge in [-0.15, -0.1) is 0 Å². The molecule has 1 saturated heterocycles. The van der Waals surface area contributed by atoms with Crippen LogP contribution in [0.25, 0.3) is 11.3 Å². The number of nitrogens with zero attached hydrogens (tertiary/aromatic N) is 4. The van der Waals surface area contributed by atoms with Crippen molar-refractivity contribution in [2.24, 2.45) is 5.92 Å². The molecule has 2 heterocycles. The Balaban J connectivity index is 1.77. The van der Waals surface area contributed by atoms with Gasteiger partial charge in [0, 0.05) is 37.5 Å². The number of hydrogen-bond donors (Lipinski definition) is 0. The van der Waals surface area contributed by atoms with Crippen LogP contribution in [0.5, 0.6) is 0 Å². The highest BCUT2D eigenvalue weighted by Crippen LogP contribution is 2.29. The van der Waals surface area contributed by atoms with Gasteiger partial charge in [0.15, 0.2) is 0 Å². The fourth-order valence-corrected chi connectivity index (χ4v) is 3.65. The van der Waals surface area contributed by atoms with Crippen LogP contribution in [-0.2, 0) is 0 Å². The normalized spacial score (nSPS) is 17.0. The van der Waals surface area contributed by atoms with E-state index in [1.807, 2.05) is 12.1 Å². The largest absolute Gasteiger partial charge is 0.340 e. The molecule has 0 bridgehead atoms. The molecule has 1 aliphatic rings. The zero-order chi connectivity index (χ0) is 18.6. The van der Waals surface area contributed by atoms with Crippen LogP contribution >= 0.6 is 0 Å². The minimum Gasteiger partial charge on any atom is -0.340 e. The Kier molecular flexibility index (Phi) is 5.05. The van der Waals surface area contributed by atoms with Crippen molar-refractivity contribution in [1.29, 1.82) is 0 Å². The van der Waals surface area contributed by atoms with Crippen molar-refractivity contribution in [3.05, 3.63) is 66.7 Å². The van der Waals surface area contributed by atoms with Crippen LogP contribution in [0.3, 0.4) is 0 Å². The number of para-hydroxylation sites is 1. The van der Waals surface area contributed by atoms with Gasteiger partial charge >= 0.3 is 0 Å². The summed E-state index contributed by atoms with van der Waals surface area (Å²) in [6, 6.07) is 22.8. The lowest BCUT2D eigenvalue weighted by atomic mass is 10.0.